The molecule has 2 atom stereocenters. The minimum Gasteiger partial charge on any atom is -0.382 e. The number of piperidine rings is 1. The number of aromatic nitrogens is 7. The Bertz CT molecular complexity index is 1310. The van der Waals surface area contributed by atoms with E-state index in [1.165, 1.54) is 4.52 Å². The number of nitrogens with zero attached hydrogens (tertiary/aromatic N) is 8. The van der Waals surface area contributed by atoms with Crippen LogP contribution in [0.3, 0.4) is 0 Å². The van der Waals surface area contributed by atoms with Crippen molar-refractivity contribution in [1.29, 1.82) is 0 Å². The van der Waals surface area contributed by atoms with Crippen molar-refractivity contribution in [2.45, 2.75) is 31.6 Å². The van der Waals surface area contributed by atoms with Crippen LogP contribution in [0.25, 0.3) is 27.9 Å². The quantitative estimate of drug-likeness (QED) is 0.389. The lowest BCUT2D eigenvalue weighted by Gasteiger charge is -2.34. The van der Waals surface area contributed by atoms with Gasteiger partial charge in [-0.1, -0.05) is 5.21 Å². The van der Waals surface area contributed by atoms with Gasteiger partial charge in [0.05, 0.1) is 11.7 Å². The summed E-state index contributed by atoms with van der Waals surface area (Å²) in [5.74, 6) is 0.310. The predicted octanol–water partition coefficient (Wildman–Crippen LogP) is 2.18. The molecular weight excluding hydrogens is 456 g/mol. The molecule has 10 nitrogen and oxygen atoms in total. The van der Waals surface area contributed by atoms with Crippen molar-refractivity contribution in [3.05, 3.63) is 24.4 Å². The molecule has 180 valence electrons. The summed E-state index contributed by atoms with van der Waals surface area (Å²) in [6, 6.07) is 4.53. The topological polar surface area (TPSA) is 115 Å². The van der Waals surface area contributed by atoms with Gasteiger partial charge in [0.25, 0.3) is 6.43 Å². The number of rotatable bonds is 7. The van der Waals surface area contributed by atoms with Crippen molar-refractivity contribution in [2.75, 3.05) is 37.4 Å². The number of nitrogen functional groups attached to an aromatic ring is 1. The number of alkyl halides is 4. The number of nitrogens with two attached hydrogens (primary N) is 1. The van der Waals surface area contributed by atoms with Crippen molar-refractivity contribution in [1.82, 2.24) is 39.5 Å². The summed E-state index contributed by atoms with van der Waals surface area (Å²) in [4.78, 5) is 10.5. The van der Waals surface area contributed by atoms with Gasteiger partial charge in [-0.25, -0.2) is 31.7 Å². The van der Waals surface area contributed by atoms with E-state index in [1.54, 1.807) is 29.3 Å². The van der Waals surface area contributed by atoms with E-state index in [9.17, 15) is 17.6 Å². The molecular formula is C20H22F4N10. The Labute approximate surface area is 190 Å². The molecule has 34 heavy (non-hydrogen) atoms. The van der Waals surface area contributed by atoms with Crippen LogP contribution in [-0.4, -0.2) is 84.4 Å². The molecule has 0 bridgehead atoms. The maximum absolute atomic E-state index is 14.6. The summed E-state index contributed by atoms with van der Waals surface area (Å²) in [6.07, 6.45) is -1.67. The third-order valence-corrected chi connectivity index (χ3v) is 5.83. The fourth-order valence-electron chi connectivity index (χ4n) is 4.20. The average molecular weight is 478 g/mol. The first kappa shape index (κ1) is 22.3. The van der Waals surface area contributed by atoms with E-state index in [1.807, 2.05) is 0 Å². The molecule has 4 aromatic rings. The second-order valence-corrected chi connectivity index (χ2v) is 8.09. The van der Waals surface area contributed by atoms with Gasteiger partial charge in [-0.3, -0.25) is 4.90 Å². The van der Waals surface area contributed by atoms with E-state index in [4.69, 9.17) is 5.73 Å². The van der Waals surface area contributed by atoms with E-state index in [-0.39, 0.29) is 30.5 Å². The van der Waals surface area contributed by atoms with Crippen LogP contribution in [0, 0.1) is 0 Å². The Morgan fingerprint density at radius 2 is 2.06 bits per heavy atom. The number of halogens is 4. The van der Waals surface area contributed by atoms with Crippen LogP contribution >= 0.6 is 0 Å². The summed E-state index contributed by atoms with van der Waals surface area (Å²) in [6.45, 7) is -0.208. The normalized spacial score (nSPS) is 19.4. The van der Waals surface area contributed by atoms with Crippen LogP contribution in [0.2, 0.25) is 0 Å². The van der Waals surface area contributed by atoms with Gasteiger partial charge in [0.2, 0.25) is 5.95 Å². The Morgan fingerprint density at radius 3 is 2.82 bits per heavy atom. The fraction of sp³-hybridized carbons (Fsp3) is 0.450. The third-order valence-electron chi connectivity index (χ3n) is 5.83. The summed E-state index contributed by atoms with van der Waals surface area (Å²) in [7, 11) is 0. The first-order valence-corrected chi connectivity index (χ1v) is 10.8. The molecule has 0 radical (unpaired) electrons. The van der Waals surface area contributed by atoms with E-state index in [2.05, 4.69) is 30.7 Å². The van der Waals surface area contributed by atoms with Gasteiger partial charge in [-0.2, -0.15) is 4.98 Å². The Hall–Kier alpha value is -3.55. The maximum atomic E-state index is 14.6. The Kier molecular flexibility index (Phi) is 5.89. The lowest BCUT2D eigenvalue weighted by Crippen LogP contribution is -2.48. The number of pyridine rings is 1. The SMILES string of the molecule is Nc1nc(N[C@H]2CCN(CCF)C[C@H]2F)nn2ccc(-c3ccc4nnn(CC(F)F)c4n3)c12. The number of hydrogen-bond acceptors (Lipinski definition) is 8. The zero-order chi connectivity index (χ0) is 23.8. The van der Waals surface area contributed by atoms with Gasteiger partial charge >= 0.3 is 0 Å². The van der Waals surface area contributed by atoms with Gasteiger partial charge in [0.1, 0.15) is 30.4 Å². The van der Waals surface area contributed by atoms with E-state index in [0.29, 0.717) is 35.3 Å². The minimum absolute atomic E-state index is 0.137. The summed E-state index contributed by atoms with van der Waals surface area (Å²) in [5, 5.41) is 15.0. The number of nitrogens with one attached hydrogen (secondary N) is 1. The van der Waals surface area contributed by atoms with Gasteiger partial charge < -0.3 is 11.1 Å². The van der Waals surface area contributed by atoms with Crippen molar-refractivity contribution >= 4 is 28.4 Å². The van der Waals surface area contributed by atoms with Crippen molar-refractivity contribution in [3.63, 3.8) is 0 Å². The van der Waals surface area contributed by atoms with Crippen LogP contribution < -0.4 is 11.1 Å². The first-order chi connectivity index (χ1) is 16.4. The molecule has 0 amide bonds. The Morgan fingerprint density at radius 1 is 1.21 bits per heavy atom. The van der Waals surface area contributed by atoms with Gasteiger partial charge in [-0.15, -0.1) is 10.2 Å². The third kappa shape index (κ3) is 4.20. The molecule has 1 fully saturated rings. The summed E-state index contributed by atoms with van der Waals surface area (Å²) >= 11 is 0. The Balaban J connectivity index is 1.42. The minimum atomic E-state index is -2.60. The molecule has 1 aliphatic heterocycles. The molecule has 3 N–H and O–H groups in total. The number of fused-ring (bicyclic) bond motifs is 2. The molecule has 0 spiro atoms. The molecule has 1 saturated heterocycles. The highest BCUT2D eigenvalue weighted by molar-refractivity contribution is 5.88. The fourth-order valence-corrected chi connectivity index (χ4v) is 4.20. The zero-order valence-corrected chi connectivity index (χ0v) is 18.0. The van der Waals surface area contributed by atoms with Gasteiger partial charge in [0.15, 0.2) is 11.5 Å². The average Bonchev–Trinajstić information content (AvgIpc) is 3.40. The molecule has 0 aliphatic carbocycles. The van der Waals surface area contributed by atoms with Crippen LogP contribution in [0.1, 0.15) is 6.42 Å². The first-order valence-electron chi connectivity index (χ1n) is 10.8. The van der Waals surface area contributed by atoms with Crippen molar-refractivity contribution in [3.8, 4) is 11.3 Å². The monoisotopic (exact) mass is 478 g/mol. The summed E-state index contributed by atoms with van der Waals surface area (Å²) in [5.41, 5.74) is 8.37. The second kappa shape index (κ2) is 9.00. The molecule has 5 rings (SSSR count). The van der Waals surface area contributed by atoms with Crippen LogP contribution in [0.15, 0.2) is 24.4 Å². The number of anilines is 2. The van der Waals surface area contributed by atoms with E-state index >= 15 is 0 Å². The predicted molar refractivity (Wildman–Crippen MR) is 117 cm³/mol. The maximum Gasteiger partial charge on any atom is 0.258 e. The highest BCUT2D eigenvalue weighted by Gasteiger charge is 2.30. The standard InChI is InChI=1S/C20H22F4N10/c21-5-8-32-6-4-14(12(22)9-32)27-20-28-18(25)17-11(3-7-33(17)30-20)13-1-2-15-19(26-13)34(31-29-15)10-16(23)24/h1-3,7,12,14,16H,4-6,8-10H2,(H3,25,27,28,30)/t12-,14+/m1/s1. The molecule has 0 aromatic carbocycles. The molecule has 5 heterocycles. The summed E-state index contributed by atoms with van der Waals surface area (Å²) < 4.78 is 55.4. The largest absolute Gasteiger partial charge is 0.382 e. The lowest BCUT2D eigenvalue weighted by atomic mass is 10.0. The van der Waals surface area contributed by atoms with Crippen LogP contribution in [0.5, 0.6) is 0 Å². The molecule has 0 saturated carbocycles. The molecule has 4 aromatic heterocycles. The second-order valence-electron chi connectivity index (χ2n) is 8.09. The molecule has 14 heteroatoms. The van der Waals surface area contributed by atoms with Gasteiger partial charge in [-0.05, 0) is 24.6 Å². The van der Waals surface area contributed by atoms with E-state index < -0.39 is 31.9 Å². The van der Waals surface area contributed by atoms with Crippen LogP contribution in [0.4, 0.5) is 29.3 Å². The zero-order valence-electron chi connectivity index (χ0n) is 18.0. The highest BCUT2D eigenvalue weighted by atomic mass is 19.3. The van der Waals surface area contributed by atoms with E-state index in [0.717, 1.165) is 4.68 Å². The lowest BCUT2D eigenvalue weighted by molar-refractivity contribution is 0.120. The highest BCUT2D eigenvalue weighted by Crippen LogP contribution is 2.29. The number of likely N-dealkylation sites (tertiary alicyclic amines) is 1. The molecule has 1 aliphatic rings. The van der Waals surface area contributed by atoms with Crippen molar-refractivity contribution < 1.29 is 17.6 Å². The van der Waals surface area contributed by atoms with Crippen molar-refractivity contribution in [2.24, 2.45) is 0 Å². The number of hydrogen-bond donors (Lipinski definition) is 2. The van der Waals surface area contributed by atoms with Gasteiger partial charge in [0, 0.05) is 31.4 Å². The molecule has 0 unspecified atom stereocenters. The van der Waals surface area contributed by atoms with Crippen LogP contribution in [-0.2, 0) is 6.54 Å². The smallest absolute Gasteiger partial charge is 0.258 e.